The maximum absolute atomic E-state index is 13.5. The molecule has 0 atom stereocenters. The molecule has 1 amide bonds. The molecule has 4 aromatic rings. The van der Waals surface area contributed by atoms with Crippen molar-refractivity contribution in [3.63, 3.8) is 0 Å². The fourth-order valence-electron chi connectivity index (χ4n) is 5.51. The number of fused-ring (bicyclic) bond motifs is 2. The number of nitrogens with zero attached hydrogens (tertiary/aromatic N) is 5. The van der Waals surface area contributed by atoms with E-state index in [-0.39, 0.29) is 11.5 Å². The molecule has 2 fully saturated rings. The molecule has 2 aromatic carbocycles. The summed E-state index contributed by atoms with van der Waals surface area (Å²) in [6, 6.07) is 9.68. The van der Waals surface area contributed by atoms with Crippen LogP contribution in [0.2, 0.25) is 0 Å². The number of piperidine rings is 1. The van der Waals surface area contributed by atoms with Gasteiger partial charge >= 0.3 is 0 Å². The van der Waals surface area contributed by atoms with Crippen LogP contribution < -0.4 is 9.47 Å². The van der Waals surface area contributed by atoms with E-state index in [4.69, 9.17) is 13.9 Å². The highest BCUT2D eigenvalue weighted by Gasteiger charge is 2.41. The summed E-state index contributed by atoms with van der Waals surface area (Å²) in [5.41, 5.74) is 3.75. The average Bonchev–Trinajstić information content (AvgIpc) is 3.44. The number of likely N-dealkylation sites (tertiary alicyclic amines) is 1. The SMILES string of the molecule is CCOc1cc(C(=O)N2CCC3(CCc4cc(-c5nn[nH]n5)ccc4O3)CC2)cc2nc(C3CC3)oc12. The molecule has 0 bridgehead atoms. The van der Waals surface area contributed by atoms with E-state index in [9.17, 15) is 4.79 Å². The number of aromatic amines is 1. The molecule has 1 N–H and O–H groups in total. The van der Waals surface area contributed by atoms with E-state index in [0.29, 0.717) is 53.9 Å². The van der Waals surface area contributed by atoms with Crippen molar-refractivity contribution < 1.29 is 18.7 Å². The van der Waals surface area contributed by atoms with Gasteiger partial charge in [0.1, 0.15) is 16.9 Å². The molecular weight excluding hydrogens is 472 g/mol. The summed E-state index contributed by atoms with van der Waals surface area (Å²) in [6.07, 6.45) is 5.62. The molecule has 1 spiro atoms. The van der Waals surface area contributed by atoms with Gasteiger partial charge in [-0.15, -0.1) is 10.2 Å². The summed E-state index contributed by atoms with van der Waals surface area (Å²) in [5, 5.41) is 14.3. The molecule has 0 unspecified atom stereocenters. The number of ether oxygens (including phenoxy) is 2. The highest BCUT2D eigenvalue weighted by molar-refractivity contribution is 5.98. The van der Waals surface area contributed by atoms with Crippen molar-refractivity contribution in [2.75, 3.05) is 19.7 Å². The molecule has 2 aliphatic heterocycles. The Morgan fingerprint density at radius 3 is 2.81 bits per heavy atom. The fraction of sp³-hybridized carbons (Fsp3) is 0.444. The van der Waals surface area contributed by atoms with E-state index in [2.05, 4.69) is 31.7 Å². The van der Waals surface area contributed by atoms with Gasteiger partial charge in [0.2, 0.25) is 5.82 Å². The maximum Gasteiger partial charge on any atom is 0.254 e. The highest BCUT2D eigenvalue weighted by atomic mass is 16.5. The van der Waals surface area contributed by atoms with Crippen molar-refractivity contribution in [1.82, 2.24) is 30.5 Å². The van der Waals surface area contributed by atoms with Crippen molar-refractivity contribution in [2.45, 2.75) is 57.0 Å². The van der Waals surface area contributed by atoms with Crippen molar-refractivity contribution in [1.29, 1.82) is 0 Å². The van der Waals surface area contributed by atoms with Crippen LogP contribution in [0.4, 0.5) is 0 Å². The first-order valence-corrected chi connectivity index (χ1v) is 13.0. The van der Waals surface area contributed by atoms with Gasteiger partial charge in [0, 0.05) is 43.0 Å². The Bertz CT molecular complexity index is 1470. The molecule has 1 saturated carbocycles. The van der Waals surface area contributed by atoms with E-state index in [1.54, 1.807) is 6.07 Å². The number of aryl methyl sites for hydroxylation is 1. The number of carbonyl (C=O) groups excluding carboxylic acids is 1. The normalized spacial score (nSPS) is 18.6. The van der Waals surface area contributed by atoms with E-state index in [1.807, 2.05) is 30.0 Å². The monoisotopic (exact) mass is 500 g/mol. The first-order chi connectivity index (χ1) is 18.1. The molecule has 1 saturated heterocycles. The predicted molar refractivity (Wildman–Crippen MR) is 134 cm³/mol. The lowest BCUT2D eigenvalue weighted by Gasteiger charge is -2.44. The minimum atomic E-state index is -0.247. The summed E-state index contributed by atoms with van der Waals surface area (Å²) in [6.45, 7) is 3.71. The van der Waals surface area contributed by atoms with Crippen LogP contribution >= 0.6 is 0 Å². The van der Waals surface area contributed by atoms with Gasteiger partial charge in [0.05, 0.1) is 6.61 Å². The average molecular weight is 501 g/mol. The molecule has 10 heteroatoms. The Balaban J connectivity index is 1.07. The topological polar surface area (TPSA) is 119 Å². The molecule has 10 nitrogen and oxygen atoms in total. The van der Waals surface area contributed by atoms with Crippen molar-refractivity contribution >= 4 is 17.0 Å². The van der Waals surface area contributed by atoms with E-state index >= 15 is 0 Å². The molecule has 1 aliphatic carbocycles. The maximum atomic E-state index is 13.5. The molecule has 37 heavy (non-hydrogen) atoms. The van der Waals surface area contributed by atoms with Gasteiger partial charge in [-0.05, 0) is 73.7 Å². The smallest absolute Gasteiger partial charge is 0.254 e. The number of H-pyrrole nitrogens is 1. The first-order valence-electron chi connectivity index (χ1n) is 13.0. The van der Waals surface area contributed by atoms with Crippen LogP contribution in [0, 0.1) is 0 Å². The van der Waals surface area contributed by atoms with Crippen molar-refractivity contribution in [3.05, 3.63) is 47.3 Å². The summed E-state index contributed by atoms with van der Waals surface area (Å²) in [4.78, 5) is 20.1. The molecule has 7 rings (SSSR count). The summed E-state index contributed by atoms with van der Waals surface area (Å²) in [5.74, 6) is 3.21. The first kappa shape index (κ1) is 22.3. The Labute approximate surface area is 213 Å². The quantitative estimate of drug-likeness (QED) is 0.431. The van der Waals surface area contributed by atoms with Gasteiger partial charge in [-0.1, -0.05) is 0 Å². The van der Waals surface area contributed by atoms with E-state index < -0.39 is 0 Å². The van der Waals surface area contributed by atoms with Gasteiger partial charge in [-0.3, -0.25) is 4.79 Å². The zero-order valence-electron chi connectivity index (χ0n) is 20.7. The zero-order valence-corrected chi connectivity index (χ0v) is 20.7. The lowest BCUT2D eigenvalue weighted by atomic mass is 9.82. The van der Waals surface area contributed by atoms with Crippen molar-refractivity contribution in [3.8, 4) is 22.9 Å². The highest BCUT2D eigenvalue weighted by Crippen LogP contribution is 2.43. The van der Waals surface area contributed by atoms with E-state index in [1.165, 1.54) is 0 Å². The molecule has 4 heterocycles. The number of benzene rings is 2. The van der Waals surface area contributed by atoms with Crippen LogP contribution in [-0.4, -0.2) is 61.7 Å². The number of nitrogens with one attached hydrogen (secondary N) is 1. The number of rotatable bonds is 5. The predicted octanol–water partition coefficient (Wildman–Crippen LogP) is 4.28. The number of amides is 1. The Morgan fingerprint density at radius 1 is 1.19 bits per heavy atom. The second-order valence-corrected chi connectivity index (χ2v) is 10.2. The number of aromatic nitrogens is 5. The van der Waals surface area contributed by atoms with E-state index in [0.717, 1.165) is 61.3 Å². The summed E-state index contributed by atoms with van der Waals surface area (Å²) >= 11 is 0. The van der Waals surface area contributed by atoms with Crippen LogP contribution in [0.3, 0.4) is 0 Å². The summed E-state index contributed by atoms with van der Waals surface area (Å²) in [7, 11) is 0. The summed E-state index contributed by atoms with van der Waals surface area (Å²) < 4.78 is 18.4. The minimum absolute atomic E-state index is 0.00496. The standard InChI is InChI=1S/C27H28N6O4/c1-2-35-22-15-19(14-20-23(22)36-25(28-20)16-3-4-16)26(34)33-11-9-27(10-12-33)8-7-17-13-18(5-6-21(17)37-27)24-29-31-32-30-24/h5-6,13-16H,2-4,7-12H2,1H3,(H,29,30,31,32). The van der Waals surface area contributed by atoms with Gasteiger partial charge in [0.15, 0.2) is 17.2 Å². The minimum Gasteiger partial charge on any atom is -0.490 e. The second-order valence-electron chi connectivity index (χ2n) is 10.2. The van der Waals surface area contributed by atoms with Crippen LogP contribution in [0.1, 0.15) is 66.8 Å². The van der Waals surface area contributed by atoms with Gasteiger partial charge in [-0.25, -0.2) is 4.98 Å². The van der Waals surface area contributed by atoms with Gasteiger partial charge in [0.25, 0.3) is 5.91 Å². The Kier molecular flexibility index (Phi) is 5.16. The number of hydrogen-bond acceptors (Lipinski definition) is 8. The van der Waals surface area contributed by atoms with Crippen molar-refractivity contribution in [2.24, 2.45) is 0 Å². The molecule has 0 radical (unpaired) electrons. The number of tetrazole rings is 1. The van der Waals surface area contributed by atoms with Crippen LogP contribution in [-0.2, 0) is 6.42 Å². The third-order valence-corrected chi connectivity index (χ3v) is 7.75. The lowest BCUT2D eigenvalue weighted by molar-refractivity contribution is -0.0106. The largest absolute Gasteiger partial charge is 0.490 e. The zero-order chi connectivity index (χ0) is 25.0. The van der Waals surface area contributed by atoms with Crippen LogP contribution in [0.5, 0.6) is 11.5 Å². The van der Waals surface area contributed by atoms with Crippen LogP contribution in [0.15, 0.2) is 34.7 Å². The fourth-order valence-corrected chi connectivity index (χ4v) is 5.51. The Morgan fingerprint density at radius 2 is 2.05 bits per heavy atom. The number of hydrogen-bond donors (Lipinski definition) is 1. The lowest BCUT2D eigenvalue weighted by Crippen LogP contribution is -2.51. The Hall–Kier alpha value is -3.95. The third kappa shape index (κ3) is 4.00. The molecule has 2 aromatic heterocycles. The number of oxazole rings is 1. The molecule has 3 aliphatic rings. The van der Waals surface area contributed by atoms with Crippen LogP contribution in [0.25, 0.3) is 22.5 Å². The second kappa shape index (κ2) is 8.57. The van der Waals surface area contributed by atoms with Gasteiger partial charge < -0.3 is 18.8 Å². The van der Waals surface area contributed by atoms with Gasteiger partial charge in [-0.2, -0.15) is 5.21 Å². The number of carbonyl (C=O) groups is 1. The molecular formula is C27H28N6O4. The third-order valence-electron chi connectivity index (χ3n) is 7.75. The molecule has 190 valence electrons.